The normalized spacial score (nSPS) is 39.5. The highest BCUT2D eigenvalue weighted by Crippen LogP contribution is 2.32. The van der Waals surface area contributed by atoms with Gasteiger partial charge >= 0.3 is 0 Å². The molecule has 1 saturated heterocycles. The summed E-state index contributed by atoms with van der Waals surface area (Å²) < 4.78 is 0. The van der Waals surface area contributed by atoms with Gasteiger partial charge in [-0.25, -0.2) is 0 Å². The van der Waals surface area contributed by atoms with Crippen molar-refractivity contribution in [3.05, 3.63) is 10.1 Å². The lowest BCUT2D eigenvalue weighted by Crippen LogP contribution is -2.50. The molecule has 1 N–H and O–H groups in total. The highest BCUT2D eigenvalue weighted by molar-refractivity contribution is 4.89. The van der Waals surface area contributed by atoms with Crippen LogP contribution < -0.4 is 5.32 Å². The number of nitro groups is 1. The predicted molar refractivity (Wildman–Crippen MR) is 49.1 cm³/mol. The van der Waals surface area contributed by atoms with Crippen molar-refractivity contribution in [2.45, 2.75) is 44.2 Å². The molecule has 0 bridgehead atoms. The maximum Gasteiger partial charge on any atom is 0.217 e. The van der Waals surface area contributed by atoms with Gasteiger partial charge in [-0.05, 0) is 32.2 Å². The third kappa shape index (κ3) is 1.68. The lowest BCUT2D eigenvalue weighted by molar-refractivity contribution is -0.537. The first-order valence-electron chi connectivity index (χ1n) is 5.16. The van der Waals surface area contributed by atoms with Crippen LogP contribution in [-0.2, 0) is 0 Å². The van der Waals surface area contributed by atoms with Gasteiger partial charge in [0.25, 0.3) is 0 Å². The van der Waals surface area contributed by atoms with Crippen LogP contribution in [0.3, 0.4) is 0 Å². The molecule has 2 rings (SSSR count). The van der Waals surface area contributed by atoms with Crippen LogP contribution in [0.25, 0.3) is 0 Å². The molecule has 4 nitrogen and oxygen atoms in total. The van der Waals surface area contributed by atoms with E-state index in [1.54, 1.807) is 0 Å². The third-order valence-corrected chi connectivity index (χ3v) is 3.42. The molecule has 0 aromatic rings. The van der Waals surface area contributed by atoms with E-state index in [1.807, 2.05) is 0 Å². The zero-order valence-corrected chi connectivity index (χ0v) is 7.74. The second-order valence-corrected chi connectivity index (χ2v) is 4.15. The van der Waals surface area contributed by atoms with Crippen LogP contribution in [0.15, 0.2) is 0 Å². The molecule has 0 spiro atoms. The Morgan fingerprint density at radius 1 is 1.23 bits per heavy atom. The van der Waals surface area contributed by atoms with E-state index in [4.69, 9.17) is 0 Å². The van der Waals surface area contributed by atoms with Gasteiger partial charge in [0, 0.05) is 23.3 Å². The Kier molecular flexibility index (Phi) is 2.49. The smallest absolute Gasteiger partial charge is 0.217 e. The Labute approximate surface area is 77.8 Å². The number of fused-ring (bicyclic) bond motifs is 1. The Bertz CT molecular complexity index is 206. The van der Waals surface area contributed by atoms with Gasteiger partial charge in [-0.15, -0.1) is 0 Å². The van der Waals surface area contributed by atoms with Crippen molar-refractivity contribution in [1.29, 1.82) is 0 Å². The number of nitrogens with zero attached hydrogens (tertiary/aromatic N) is 1. The molecule has 0 radical (unpaired) electrons. The van der Waals surface area contributed by atoms with Crippen molar-refractivity contribution in [1.82, 2.24) is 5.32 Å². The molecule has 0 aromatic heterocycles. The van der Waals surface area contributed by atoms with Crippen LogP contribution >= 0.6 is 0 Å². The van der Waals surface area contributed by atoms with E-state index in [1.165, 1.54) is 0 Å². The minimum Gasteiger partial charge on any atom is -0.313 e. The minimum absolute atomic E-state index is 0.0656. The first-order valence-corrected chi connectivity index (χ1v) is 5.16. The Hall–Kier alpha value is -0.640. The lowest BCUT2D eigenvalue weighted by atomic mass is 9.76. The first-order chi connectivity index (χ1) is 6.29. The van der Waals surface area contributed by atoms with E-state index in [-0.39, 0.29) is 11.0 Å². The second-order valence-electron chi connectivity index (χ2n) is 4.15. The topological polar surface area (TPSA) is 55.2 Å². The van der Waals surface area contributed by atoms with Gasteiger partial charge in [-0.1, -0.05) is 0 Å². The molecule has 1 saturated carbocycles. The van der Waals surface area contributed by atoms with Crippen molar-refractivity contribution < 1.29 is 4.92 Å². The predicted octanol–water partition coefficient (Wildman–Crippen LogP) is 1.18. The Balaban J connectivity index is 2.06. The summed E-state index contributed by atoms with van der Waals surface area (Å²) in [5.41, 5.74) is 0. The van der Waals surface area contributed by atoms with Gasteiger partial charge in [0.05, 0.1) is 0 Å². The first kappa shape index (κ1) is 8.94. The van der Waals surface area contributed by atoms with Crippen LogP contribution in [0.1, 0.15) is 32.1 Å². The van der Waals surface area contributed by atoms with Crippen molar-refractivity contribution >= 4 is 0 Å². The summed E-state index contributed by atoms with van der Waals surface area (Å²) in [4.78, 5) is 10.7. The summed E-state index contributed by atoms with van der Waals surface area (Å²) in [6.45, 7) is 1.05. The zero-order valence-electron chi connectivity index (χ0n) is 7.74. The van der Waals surface area contributed by atoms with Crippen LogP contribution in [0.4, 0.5) is 0 Å². The quantitative estimate of drug-likeness (QED) is 0.492. The van der Waals surface area contributed by atoms with Crippen LogP contribution in [0.2, 0.25) is 0 Å². The van der Waals surface area contributed by atoms with E-state index >= 15 is 0 Å². The molecular weight excluding hydrogens is 168 g/mol. The molecule has 1 aliphatic carbocycles. The van der Waals surface area contributed by atoms with Gasteiger partial charge in [-0.3, -0.25) is 10.1 Å². The molecule has 4 heteroatoms. The maximum atomic E-state index is 10.8. The monoisotopic (exact) mass is 184 g/mol. The van der Waals surface area contributed by atoms with Crippen molar-refractivity contribution in [3.8, 4) is 0 Å². The average Bonchev–Trinajstić information content (AvgIpc) is 2.17. The molecule has 0 amide bonds. The summed E-state index contributed by atoms with van der Waals surface area (Å²) in [5, 5.41) is 14.2. The third-order valence-electron chi connectivity index (χ3n) is 3.42. The zero-order chi connectivity index (χ0) is 9.26. The Morgan fingerprint density at radius 2 is 2.08 bits per heavy atom. The summed E-state index contributed by atoms with van der Waals surface area (Å²) in [6.07, 6.45) is 5.08. The van der Waals surface area contributed by atoms with Crippen LogP contribution in [-0.4, -0.2) is 23.6 Å². The number of nitrogens with one attached hydrogen (secondary N) is 1. The van der Waals surface area contributed by atoms with E-state index < -0.39 is 0 Å². The van der Waals surface area contributed by atoms with Gasteiger partial charge in [-0.2, -0.15) is 0 Å². The maximum absolute atomic E-state index is 10.8. The second kappa shape index (κ2) is 3.62. The number of rotatable bonds is 1. The number of hydrogen-bond donors (Lipinski definition) is 1. The van der Waals surface area contributed by atoms with Crippen LogP contribution in [0.5, 0.6) is 0 Å². The number of hydrogen-bond acceptors (Lipinski definition) is 3. The summed E-state index contributed by atoms with van der Waals surface area (Å²) in [6, 6.07) is 0.157. The van der Waals surface area contributed by atoms with E-state index in [2.05, 4.69) is 5.32 Å². The van der Waals surface area contributed by atoms with E-state index in [0.29, 0.717) is 12.0 Å². The van der Waals surface area contributed by atoms with E-state index in [9.17, 15) is 10.1 Å². The molecule has 3 atom stereocenters. The van der Waals surface area contributed by atoms with Crippen molar-refractivity contribution in [2.75, 3.05) is 6.54 Å². The highest BCUT2D eigenvalue weighted by atomic mass is 16.6. The minimum atomic E-state index is -0.272. The van der Waals surface area contributed by atoms with Crippen LogP contribution in [0, 0.1) is 16.0 Å². The molecule has 74 valence electrons. The molecule has 1 heterocycles. The fraction of sp³-hybridized carbons (Fsp3) is 1.00. The molecule has 3 unspecified atom stereocenters. The summed E-state index contributed by atoms with van der Waals surface area (Å²) in [5.74, 6) is 0.303. The van der Waals surface area contributed by atoms with Gasteiger partial charge in [0.2, 0.25) is 6.04 Å². The van der Waals surface area contributed by atoms with Gasteiger partial charge in [0.15, 0.2) is 0 Å². The molecule has 2 fully saturated rings. The molecule has 13 heavy (non-hydrogen) atoms. The highest BCUT2D eigenvalue weighted by Gasteiger charge is 2.41. The SMILES string of the molecule is O=[N+]([O-])C1CCCC2NCCCC21. The molecule has 1 aliphatic heterocycles. The van der Waals surface area contributed by atoms with E-state index in [0.717, 1.165) is 38.6 Å². The number of piperidine rings is 1. The average molecular weight is 184 g/mol. The molecular formula is C9H16N2O2. The largest absolute Gasteiger partial charge is 0.313 e. The molecule has 0 aromatic carbocycles. The van der Waals surface area contributed by atoms with Gasteiger partial charge < -0.3 is 5.32 Å². The summed E-state index contributed by atoms with van der Waals surface area (Å²) >= 11 is 0. The van der Waals surface area contributed by atoms with Gasteiger partial charge in [0.1, 0.15) is 0 Å². The summed E-state index contributed by atoms with van der Waals surface area (Å²) in [7, 11) is 0. The fourth-order valence-electron chi connectivity index (χ4n) is 2.78. The standard InChI is InChI=1S/C9H16N2O2/c12-11(13)9-5-1-4-8-7(9)3-2-6-10-8/h7-10H,1-6H2. The lowest BCUT2D eigenvalue weighted by Gasteiger charge is -2.37. The molecule has 2 aliphatic rings. The Morgan fingerprint density at radius 3 is 2.85 bits per heavy atom. The van der Waals surface area contributed by atoms with Crippen molar-refractivity contribution in [2.24, 2.45) is 5.92 Å². The van der Waals surface area contributed by atoms with Crippen molar-refractivity contribution in [3.63, 3.8) is 0 Å². The fourth-order valence-corrected chi connectivity index (χ4v) is 2.78.